The molecule has 0 atom stereocenters. The number of nitro groups is 2. The molecule has 0 bridgehead atoms. The lowest BCUT2D eigenvalue weighted by Crippen LogP contribution is -2.49. The van der Waals surface area contributed by atoms with Gasteiger partial charge in [-0.1, -0.05) is 10.9 Å². The van der Waals surface area contributed by atoms with Crippen molar-refractivity contribution in [3.8, 4) is 0 Å². The summed E-state index contributed by atoms with van der Waals surface area (Å²) >= 11 is 0. The average Bonchev–Trinajstić information content (AvgIpc) is 2.27. The van der Waals surface area contributed by atoms with Crippen molar-refractivity contribution in [3.05, 3.63) is 20.2 Å². The van der Waals surface area contributed by atoms with Crippen LogP contribution in [0.5, 0.6) is 0 Å². The van der Waals surface area contributed by atoms with Crippen molar-refractivity contribution in [3.63, 3.8) is 0 Å². The van der Waals surface area contributed by atoms with Crippen molar-refractivity contribution in [2.45, 2.75) is 0 Å². The monoisotopic (exact) mass is 258 g/mol. The lowest BCUT2D eigenvalue weighted by molar-refractivity contribution is -0.527. The molecule has 0 saturated carbocycles. The number of hydrogen-bond donors (Lipinski definition) is 5. The van der Waals surface area contributed by atoms with E-state index in [1.54, 1.807) is 0 Å². The Balaban J connectivity index is 2.59. The van der Waals surface area contributed by atoms with Gasteiger partial charge in [0.2, 0.25) is 5.84 Å². The van der Waals surface area contributed by atoms with E-state index in [2.05, 4.69) is 15.7 Å². The van der Waals surface area contributed by atoms with Crippen LogP contribution in [0.3, 0.4) is 0 Å². The zero-order chi connectivity index (χ0) is 13.7. The summed E-state index contributed by atoms with van der Waals surface area (Å²) in [5.74, 6) is -1.36. The maximum absolute atomic E-state index is 10.1. The van der Waals surface area contributed by atoms with Gasteiger partial charge in [-0.05, 0) is 0 Å². The fourth-order valence-electron chi connectivity index (χ4n) is 0.779. The predicted molar refractivity (Wildman–Crippen MR) is 56.6 cm³/mol. The smallest absolute Gasteiger partial charge is 0.278 e. The molecule has 0 aromatic carbocycles. The van der Waals surface area contributed by atoms with Crippen molar-refractivity contribution >= 4 is 23.7 Å². The fraction of sp³-hybridized carbons (Fsp3) is 0. The first-order valence-electron chi connectivity index (χ1n) is 4.07. The third-order valence-corrected chi connectivity index (χ3v) is 1.43. The first kappa shape index (κ1) is 12.7. The maximum Gasteiger partial charge on any atom is 0.295 e. The van der Waals surface area contributed by atoms with Gasteiger partial charge in [0.15, 0.2) is 15.8 Å². The minimum atomic E-state index is -0.977. The fourth-order valence-corrected chi connectivity index (χ4v) is 0.779. The Kier molecular flexibility index (Phi) is 3.64. The number of rotatable bonds is 3. The number of hydrogen-bond acceptors (Lipinski definition) is 9. The molecule has 18 heavy (non-hydrogen) atoms. The number of nitrogens with one attached hydrogen (secondary N) is 5. The Labute approximate surface area is 97.6 Å². The highest BCUT2D eigenvalue weighted by Crippen LogP contribution is 1.91. The van der Waals surface area contributed by atoms with Gasteiger partial charge >= 0.3 is 0 Å². The lowest BCUT2D eigenvalue weighted by atomic mass is 10.4. The van der Waals surface area contributed by atoms with E-state index in [9.17, 15) is 20.2 Å². The van der Waals surface area contributed by atoms with E-state index in [-0.39, 0.29) is 5.71 Å². The number of amidine groups is 1. The predicted octanol–water partition coefficient (Wildman–Crippen LogP) is -2.38. The van der Waals surface area contributed by atoms with E-state index in [0.29, 0.717) is 5.12 Å². The van der Waals surface area contributed by atoms with Crippen molar-refractivity contribution in [1.82, 2.24) is 21.5 Å². The summed E-state index contributed by atoms with van der Waals surface area (Å²) in [5.41, 5.74) is 4.88. The Bertz CT molecular complexity index is 466. The van der Waals surface area contributed by atoms with Gasteiger partial charge in [-0.25, -0.2) is 20.2 Å². The van der Waals surface area contributed by atoms with Crippen molar-refractivity contribution in [2.75, 3.05) is 0 Å². The number of hydrazine groups is 3. The standard InChI is InChI=1S/C4H6N10O4/c5-3(9-13(15)16)2-1-7-12(11-8-2)4(6)10-14(17)18/h1,11H,(H2,5,9)(H2,6,10). The average molecular weight is 258 g/mol. The molecule has 14 heteroatoms. The molecule has 0 spiro atoms. The molecule has 1 aliphatic rings. The molecular formula is C4H6N10O4. The molecule has 1 aliphatic heterocycles. The van der Waals surface area contributed by atoms with Gasteiger partial charge in [-0.3, -0.25) is 10.8 Å². The van der Waals surface area contributed by atoms with Crippen LogP contribution in [-0.4, -0.2) is 38.9 Å². The molecule has 0 radical (unpaired) electrons. The molecule has 0 unspecified atom stereocenters. The third-order valence-electron chi connectivity index (χ3n) is 1.43. The summed E-state index contributed by atoms with van der Waals surface area (Å²) in [7, 11) is 0. The molecule has 0 amide bonds. The minimum Gasteiger partial charge on any atom is -0.278 e. The summed E-state index contributed by atoms with van der Waals surface area (Å²) in [6.45, 7) is 0. The van der Waals surface area contributed by atoms with Gasteiger partial charge in [-0.2, -0.15) is 15.7 Å². The summed E-state index contributed by atoms with van der Waals surface area (Å²) in [6.07, 6.45) is 0.908. The summed E-state index contributed by atoms with van der Waals surface area (Å²) < 4.78 is 0. The van der Waals surface area contributed by atoms with Crippen LogP contribution in [0.1, 0.15) is 0 Å². The highest BCUT2D eigenvalue weighted by molar-refractivity contribution is 6.61. The first-order valence-corrected chi connectivity index (χ1v) is 4.07. The summed E-state index contributed by atoms with van der Waals surface area (Å²) in [4.78, 5) is 20.1. The highest BCUT2D eigenvalue weighted by atomic mass is 16.7. The largest absolute Gasteiger partial charge is 0.295 e. The van der Waals surface area contributed by atoms with Crippen LogP contribution in [0.15, 0.2) is 10.2 Å². The minimum absolute atomic E-state index is 0.211. The molecule has 0 saturated heterocycles. The molecule has 0 aromatic heterocycles. The second kappa shape index (κ2) is 5.14. The molecule has 5 N–H and O–H groups in total. The molecule has 96 valence electrons. The second-order valence-electron chi connectivity index (χ2n) is 2.61. The molecular weight excluding hydrogens is 252 g/mol. The van der Waals surface area contributed by atoms with Gasteiger partial charge in [0.1, 0.15) is 0 Å². The number of nitrogens with zero attached hydrogens (tertiary/aromatic N) is 5. The van der Waals surface area contributed by atoms with Gasteiger partial charge in [0.05, 0.1) is 6.21 Å². The molecule has 14 nitrogen and oxygen atoms in total. The molecule has 0 aromatic rings. The van der Waals surface area contributed by atoms with Crippen molar-refractivity contribution < 1.29 is 10.1 Å². The zero-order valence-electron chi connectivity index (χ0n) is 8.45. The molecule has 1 rings (SSSR count). The van der Waals surface area contributed by atoms with Crippen molar-refractivity contribution in [2.24, 2.45) is 10.2 Å². The van der Waals surface area contributed by atoms with Crippen LogP contribution >= 0.6 is 0 Å². The van der Waals surface area contributed by atoms with Gasteiger partial charge in [0.25, 0.3) is 5.96 Å². The Morgan fingerprint density at radius 3 is 2.39 bits per heavy atom. The van der Waals surface area contributed by atoms with Crippen LogP contribution < -0.4 is 16.4 Å². The zero-order valence-corrected chi connectivity index (χ0v) is 8.45. The van der Waals surface area contributed by atoms with E-state index in [0.717, 1.165) is 6.21 Å². The van der Waals surface area contributed by atoms with Crippen molar-refractivity contribution in [1.29, 1.82) is 10.8 Å². The summed E-state index contributed by atoms with van der Waals surface area (Å²) in [6, 6.07) is 0. The van der Waals surface area contributed by atoms with Crippen LogP contribution in [0, 0.1) is 31.0 Å². The van der Waals surface area contributed by atoms with Crippen LogP contribution in [0.4, 0.5) is 0 Å². The normalized spacial score (nSPS) is 13.1. The SMILES string of the molecule is N=C(N[N+](=O)[O-])C1=NNN(C(=N)N[N+](=O)[O-])N=C1. The molecule has 0 aliphatic carbocycles. The van der Waals surface area contributed by atoms with Crippen LogP contribution in [-0.2, 0) is 0 Å². The molecule has 1 heterocycles. The van der Waals surface area contributed by atoms with Crippen LogP contribution in [0.25, 0.3) is 0 Å². The van der Waals surface area contributed by atoms with E-state index >= 15 is 0 Å². The topological polar surface area (TPSA) is 198 Å². The van der Waals surface area contributed by atoms with Crippen LogP contribution in [0.2, 0.25) is 0 Å². The Hall–Kier alpha value is -3.32. The lowest BCUT2D eigenvalue weighted by Gasteiger charge is -2.18. The van der Waals surface area contributed by atoms with Gasteiger partial charge in [0, 0.05) is 0 Å². The van der Waals surface area contributed by atoms with Gasteiger partial charge in [-0.15, -0.1) is 5.12 Å². The van der Waals surface area contributed by atoms with E-state index < -0.39 is 21.9 Å². The quantitative estimate of drug-likeness (QED) is 0.160. The van der Waals surface area contributed by atoms with E-state index in [1.165, 1.54) is 10.9 Å². The number of hydrazone groups is 2. The number of guanidine groups is 1. The second-order valence-corrected chi connectivity index (χ2v) is 2.61. The maximum atomic E-state index is 10.1. The third kappa shape index (κ3) is 3.36. The van der Waals surface area contributed by atoms with Gasteiger partial charge < -0.3 is 0 Å². The summed E-state index contributed by atoms with van der Waals surface area (Å²) in [5, 5.41) is 40.0. The Morgan fingerprint density at radius 2 is 1.94 bits per heavy atom. The highest BCUT2D eigenvalue weighted by Gasteiger charge is 2.18. The Morgan fingerprint density at radius 1 is 1.33 bits per heavy atom. The van der Waals surface area contributed by atoms with E-state index in [1.807, 2.05) is 0 Å². The molecule has 0 fully saturated rings. The first-order chi connectivity index (χ1) is 8.40. The van der Waals surface area contributed by atoms with E-state index in [4.69, 9.17) is 10.8 Å².